The lowest BCUT2D eigenvalue weighted by Crippen LogP contribution is -1.83. The largest absolute Gasteiger partial charge is 0.0616 e. The third-order valence-corrected chi connectivity index (χ3v) is 4.75. The summed E-state index contributed by atoms with van der Waals surface area (Å²) in [6.45, 7) is 0. The number of fused-ring (bicyclic) bond motifs is 6. The Labute approximate surface area is 133 Å². The Kier molecular flexibility index (Phi) is 2.83. The van der Waals surface area contributed by atoms with Crippen molar-refractivity contribution >= 4 is 64.2 Å². The highest BCUT2D eigenvalue weighted by molar-refractivity contribution is 9.10. The van der Waals surface area contributed by atoms with Gasteiger partial charge in [-0.15, -0.1) is 0 Å². The second-order valence-electron chi connectivity index (χ2n) is 4.93. The molecule has 20 heavy (non-hydrogen) atoms. The highest BCUT2D eigenvalue weighted by Crippen LogP contribution is 2.37. The predicted octanol–water partition coefficient (Wildman–Crippen LogP) is 6.67. The molecule has 4 aromatic carbocycles. The fourth-order valence-electron chi connectivity index (χ4n) is 2.90. The number of halogens is 2. The normalized spacial score (nSPS) is 11.5. The van der Waals surface area contributed by atoms with Crippen LogP contribution in [0, 0.1) is 0 Å². The van der Waals surface area contributed by atoms with Crippen LogP contribution < -0.4 is 0 Å². The lowest BCUT2D eigenvalue weighted by molar-refractivity contribution is 1.71. The van der Waals surface area contributed by atoms with Gasteiger partial charge in [0.1, 0.15) is 0 Å². The van der Waals surface area contributed by atoms with Gasteiger partial charge in [0.2, 0.25) is 0 Å². The molecule has 0 fully saturated rings. The molecule has 0 saturated carbocycles. The van der Waals surface area contributed by atoms with Crippen molar-refractivity contribution in [2.45, 2.75) is 0 Å². The van der Waals surface area contributed by atoms with E-state index in [1.807, 2.05) is 0 Å². The van der Waals surface area contributed by atoms with Gasteiger partial charge in [0.15, 0.2) is 0 Å². The summed E-state index contributed by atoms with van der Waals surface area (Å²) in [6.07, 6.45) is 0. The molecule has 0 atom stereocenters. The molecular weight excluding hydrogens is 376 g/mol. The zero-order chi connectivity index (χ0) is 13.7. The minimum absolute atomic E-state index is 1.11. The van der Waals surface area contributed by atoms with Crippen LogP contribution in [0.2, 0.25) is 0 Å². The first kappa shape index (κ1) is 12.4. The Morgan fingerprint density at radius 1 is 0.450 bits per heavy atom. The molecule has 96 valence electrons. The third-order valence-electron chi connectivity index (χ3n) is 3.76. The zero-order valence-electron chi connectivity index (χ0n) is 10.5. The fourth-order valence-corrected chi connectivity index (χ4v) is 3.62. The highest BCUT2D eigenvalue weighted by atomic mass is 79.9. The van der Waals surface area contributed by atoms with Crippen molar-refractivity contribution in [3.63, 3.8) is 0 Å². The van der Waals surface area contributed by atoms with Crippen LogP contribution in [-0.4, -0.2) is 0 Å². The van der Waals surface area contributed by atoms with Gasteiger partial charge in [-0.2, -0.15) is 0 Å². The van der Waals surface area contributed by atoms with Gasteiger partial charge in [0, 0.05) is 8.95 Å². The Balaban J connectivity index is 2.41. The monoisotopic (exact) mass is 384 g/mol. The van der Waals surface area contributed by atoms with Crippen LogP contribution in [0.15, 0.2) is 69.6 Å². The topological polar surface area (TPSA) is 0 Å². The molecule has 4 rings (SSSR count). The maximum Gasteiger partial charge on any atom is 0.0181 e. The Morgan fingerprint density at radius 3 is 1.30 bits per heavy atom. The maximum absolute atomic E-state index is 3.59. The fraction of sp³-hybridized carbons (Fsp3) is 0. The SMILES string of the molecule is Brc1ccc2c3ccccc3c3ccc(Br)cc3c2c1. The van der Waals surface area contributed by atoms with Gasteiger partial charge in [0.25, 0.3) is 0 Å². The van der Waals surface area contributed by atoms with Crippen LogP contribution >= 0.6 is 31.9 Å². The van der Waals surface area contributed by atoms with Crippen molar-refractivity contribution in [3.05, 3.63) is 69.6 Å². The summed E-state index contributed by atoms with van der Waals surface area (Å²) in [5, 5.41) is 7.79. The minimum atomic E-state index is 1.11. The zero-order valence-corrected chi connectivity index (χ0v) is 13.7. The lowest BCUT2D eigenvalue weighted by Gasteiger charge is -2.11. The van der Waals surface area contributed by atoms with Gasteiger partial charge in [-0.1, -0.05) is 68.3 Å². The van der Waals surface area contributed by atoms with Gasteiger partial charge in [-0.05, 0) is 56.6 Å². The smallest absolute Gasteiger partial charge is 0.0181 e. The van der Waals surface area contributed by atoms with Gasteiger partial charge in [-0.25, -0.2) is 0 Å². The molecule has 0 aliphatic carbocycles. The maximum atomic E-state index is 3.59. The molecule has 0 aliphatic rings. The van der Waals surface area contributed by atoms with E-state index in [-0.39, 0.29) is 0 Å². The van der Waals surface area contributed by atoms with Crippen molar-refractivity contribution in [2.75, 3.05) is 0 Å². The van der Waals surface area contributed by atoms with E-state index in [1.165, 1.54) is 32.3 Å². The van der Waals surface area contributed by atoms with Crippen molar-refractivity contribution in [1.82, 2.24) is 0 Å². The molecule has 0 aliphatic heterocycles. The molecular formula is C18H10Br2. The van der Waals surface area contributed by atoms with Gasteiger partial charge in [0.05, 0.1) is 0 Å². The number of benzene rings is 4. The van der Waals surface area contributed by atoms with Crippen molar-refractivity contribution in [2.24, 2.45) is 0 Å². The van der Waals surface area contributed by atoms with E-state index >= 15 is 0 Å². The summed E-state index contributed by atoms with van der Waals surface area (Å²) < 4.78 is 2.23. The van der Waals surface area contributed by atoms with Crippen LogP contribution in [0.25, 0.3) is 32.3 Å². The standard InChI is InChI=1S/C18H10Br2/c19-11-5-7-15-13-3-1-2-4-14(13)16-8-6-12(20)10-18(16)17(15)9-11/h1-10H. The first-order chi connectivity index (χ1) is 9.74. The van der Waals surface area contributed by atoms with E-state index in [0.29, 0.717) is 0 Å². The summed E-state index contributed by atoms with van der Waals surface area (Å²) in [7, 11) is 0. The van der Waals surface area contributed by atoms with E-state index < -0.39 is 0 Å². The van der Waals surface area contributed by atoms with E-state index in [0.717, 1.165) is 8.95 Å². The summed E-state index contributed by atoms with van der Waals surface area (Å²) >= 11 is 7.18. The second-order valence-corrected chi connectivity index (χ2v) is 6.76. The molecule has 0 spiro atoms. The Bertz CT molecular complexity index is 891. The summed E-state index contributed by atoms with van der Waals surface area (Å²) in [5.41, 5.74) is 0. The predicted molar refractivity (Wildman–Crippen MR) is 94.4 cm³/mol. The van der Waals surface area contributed by atoms with Crippen molar-refractivity contribution in [1.29, 1.82) is 0 Å². The van der Waals surface area contributed by atoms with Crippen LogP contribution in [0.3, 0.4) is 0 Å². The molecule has 4 aromatic rings. The summed E-state index contributed by atoms with van der Waals surface area (Å²) in [4.78, 5) is 0. The summed E-state index contributed by atoms with van der Waals surface area (Å²) in [5.74, 6) is 0. The Hall–Kier alpha value is -1.38. The molecule has 2 heteroatoms. The Morgan fingerprint density at radius 2 is 0.850 bits per heavy atom. The molecule has 0 heterocycles. The van der Waals surface area contributed by atoms with Crippen molar-refractivity contribution < 1.29 is 0 Å². The summed E-state index contributed by atoms with van der Waals surface area (Å²) in [6, 6.07) is 21.6. The lowest BCUT2D eigenvalue weighted by atomic mass is 9.94. The first-order valence-corrected chi connectivity index (χ1v) is 8.02. The van der Waals surface area contributed by atoms with Gasteiger partial charge >= 0.3 is 0 Å². The second kappa shape index (κ2) is 4.57. The average Bonchev–Trinajstić information content (AvgIpc) is 2.47. The average molecular weight is 386 g/mol. The molecule has 0 aromatic heterocycles. The van der Waals surface area contributed by atoms with Crippen LogP contribution in [-0.2, 0) is 0 Å². The molecule has 0 nitrogen and oxygen atoms in total. The van der Waals surface area contributed by atoms with E-state index in [9.17, 15) is 0 Å². The third kappa shape index (κ3) is 1.79. The van der Waals surface area contributed by atoms with Crippen LogP contribution in [0.1, 0.15) is 0 Å². The van der Waals surface area contributed by atoms with Crippen LogP contribution in [0.4, 0.5) is 0 Å². The van der Waals surface area contributed by atoms with Gasteiger partial charge in [-0.3, -0.25) is 0 Å². The molecule has 0 amide bonds. The van der Waals surface area contributed by atoms with E-state index in [4.69, 9.17) is 0 Å². The van der Waals surface area contributed by atoms with Crippen LogP contribution in [0.5, 0.6) is 0 Å². The number of rotatable bonds is 0. The highest BCUT2D eigenvalue weighted by Gasteiger charge is 2.08. The number of hydrogen-bond acceptors (Lipinski definition) is 0. The molecule has 0 unspecified atom stereocenters. The van der Waals surface area contributed by atoms with Crippen molar-refractivity contribution in [3.8, 4) is 0 Å². The quantitative estimate of drug-likeness (QED) is 0.296. The molecule has 0 saturated heterocycles. The molecule has 0 N–H and O–H groups in total. The number of hydrogen-bond donors (Lipinski definition) is 0. The molecule has 0 bridgehead atoms. The van der Waals surface area contributed by atoms with E-state index in [2.05, 4.69) is 92.5 Å². The first-order valence-electron chi connectivity index (χ1n) is 6.43. The van der Waals surface area contributed by atoms with Gasteiger partial charge < -0.3 is 0 Å². The van der Waals surface area contributed by atoms with E-state index in [1.54, 1.807) is 0 Å². The minimum Gasteiger partial charge on any atom is -0.0616 e. The molecule has 0 radical (unpaired) electrons.